The number of aromatic carboxylic acids is 1. The number of carboxylic acids is 1. The Morgan fingerprint density at radius 3 is 2.69 bits per heavy atom. The third-order valence-electron chi connectivity index (χ3n) is 1.68. The zero-order valence-corrected chi connectivity index (χ0v) is 7.56. The number of carbonyl (C=O) groups is 1. The molecule has 0 aliphatic rings. The molecule has 0 spiro atoms. The highest BCUT2D eigenvalue weighted by molar-refractivity contribution is 5.86. The van der Waals surface area contributed by atoms with Crippen LogP contribution in [-0.4, -0.2) is 26.1 Å². The van der Waals surface area contributed by atoms with E-state index in [1.54, 1.807) is 0 Å². The minimum atomic E-state index is -1.09. The lowest BCUT2D eigenvalue weighted by Crippen LogP contribution is -2.13. The average Bonchev–Trinajstić information content (AvgIpc) is 2.46. The molecule has 0 bridgehead atoms. The Labute approximate surface area is 75.3 Å². The molecule has 0 radical (unpaired) electrons. The summed E-state index contributed by atoms with van der Waals surface area (Å²) in [5.74, 6) is -1.09. The fraction of sp³-hybridized carbons (Fsp3) is 0.571. The van der Waals surface area contributed by atoms with E-state index in [-0.39, 0.29) is 18.3 Å². The molecule has 13 heavy (non-hydrogen) atoms. The van der Waals surface area contributed by atoms with Crippen molar-refractivity contribution in [3.63, 3.8) is 0 Å². The molecular weight excluding hydrogens is 172 g/mol. The fourth-order valence-electron chi connectivity index (χ4n) is 1.08. The summed E-state index contributed by atoms with van der Waals surface area (Å²) in [6.07, 6.45) is 0. The van der Waals surface area contributed by atoms with Crippen LogP contribution < -0.4 is 5.73 Å². The van der Waals surface area contributed by atoms with Gasteiger partial charge in [-0.25, -0.2) is 9.48 Å². The molecule has 1 aromatic heterocycles. The summed E-state index contributed by atoms with van der Waals surface area (Å²) in [7, 11) is 0. The lowest BCUT2D eigenvalue weighted by molar-refractivity contribution is 0.0689. The van der Waals surface area contributed by atoms with Crippen LogP contribution in [0.4, 0.5) is 0 Å². The molecule has 6 nitrogen and oxygen atoms in total. The van der Waals surface area contributed by atoms with E-state index in [4.69, 9.17) is 10.8 Å². The van der Waals surface area contributed by atoms with Gasteiger partial charge in [-0.3, -0.25) is 0 Å². The second-order valence-corrected chi connectivity index (χ2v) is 2.93. The van der Waals surface area contributed by atoms with Crippen molar-refractivity contribution in [2.24, 2.45) is 5.73 Å². The zero-order valence-electron chi connectivity index (χ0n) is 7.56. The molecule has 0 aliphatic carbocycles. The van der Waals surface area contributed by atoms with Crippen molar-refractivity contribution < 1.29 is 9.90 Å². The van der Waals surface area contributed by atoms with Crippen LogP contribution in [0.3, 0.4) is 0 Å². The summed E-state index contributed by atoms with van der Waals surface area (Å²) in [6, 6.07) is 0.0687. The maximum absolute atomic E-state index is 10.6. The van der Waals surface area contributed by atoms with Crippen LogP contribution >= 0.6 is 0 Å². The number of hydrogen-bond acceptors (Lipinski definition) is 4. The Bertz CT molecular complexity index is 318. The van der Waals surface area contributed by atoms with Gasteiger partial charge in [0, 0.05) is 12.6 Å². The lowest BCUT2D eigenvalue weighted by atomic mass is 10.3. The molecule has 1 rings (SSSR count). The molecule has 0 atom stereocenters. The van der Waals surface area contributed by atoms with Gasteiger partial charge in [0.05, 0.1) is 5.69 Å². The van der Waals surface area contributed by atoms with E-state index in [0.717, 1.165) is 0 Å². The van der Waals surface area contributed by atoms with Gasteiger partial charge in [-0.15, -0.1) is 5.10 Å². The summed E-state index contributed by atoms with van der Waals surface area (Å²) in [6.45, 7) is 3.91. The van der Waals surface area contributed by atoms with Crippen molar-refractivity contribution in [2.75, 3.05) is 0 Å². The number of rotatable bonds is 3. The second kappa shape index (κ2) is 3.53. The predicted octanol–water partition coefficient (Wildman–Crippen LogP) is 0.0159. The molecule has 0 fully saturated rings. The summed E-state index contributed by atoms with van der Waals surface area (Å²) >= 11 is 0. The Kier molecular flexibility index (Phi) is 2.62. The van der Waals surface area contributed by atoms with Gasteiger partial charge < -0.3 is 10.8 Å². The first-order valence-corrected chi connectivity index (χ1v) is 3.95. The maximum atomic E-state index is 10.6. The maximum Gasteiger partial charge on any atom is 0.358 e. The van der Waals surface area contributed by atoms with E-state index < -0.39 is 5.97 Å². The average molecular weight is 184 g/mol. The van der Waals surface area contributed by atoms with Gasteiger partial charge in [0.2, 0.25) is 0 Å². The van der Waals surface area contributed by atoms with Crippen molar-refractivity contribution in [2.45, 2.75) is 26.4 Å². The largest absolute Gasteiger partial charge is 0.476 e. The van der Waals surface area contributed by atoms with Gasteiger partial charge in [-0.05, 0) is 13.8 Å². The number of nitrogens with zero attached hydrogens (tertiary/aromatic N) is 3. The van der Waals surface area contributed by atoms with Crippen LogP contribution in [-0.2, 0) is 6.54 Å². The van der Waals surface area contributed by atoms with Crippen LogP contribution in [0.1, 0.15) is 36.1 Å². The normalized spacial score (nSPS) is 10.8. The van der Waals surface area contributed by atoms with Crippen molar-refractivity contribution in [3.05, 3.63) is 11.4 Å². The van der Waals surface area contributed by atoms with Crippen molar-refractivity contribution >= 4 is 5.97 Å². The lowest BCUT2D eigenvalue weighted by Gasteiger charge is -2.07. The molecule has 1 aromatic rings. The van der Waals surface area contributed by atoms with Crippen molar-refractivity contribution in [1.82, 2.24) is 15.0 Å². The third-order valence-corrected chi connectivity index (χ3v) is 1.68. The molecule has 0 amide bonds. The van der Waals surface area contributed by atoms with E-state index in [2.05, 4.69) is 10.3 Å². The van der Waals surface area contributed by atoms with E-state index >= 15 is 0 Å². The molecule has 0 aliphatic heterocycles. The Hall–Kier alpha value is -1.43. The summed E-state index contributed by atoms with van der Waals surface area (Å²) in [5, 5.41) is 16.0. The molecule has 0 aromatic carbocycles. The van der Waals surface area contributed by atoms with Gasteiger partial charge in [0.25, 0.3) is 0 Å². The summed E-state index contributed by atoms with van der Waals surface area (Å²) in [4.78, 5) is 10.6. The first-order chi connectivity index (χ1) is 6.07. The predicted molar refractivity (Wildman–Crippen MR) is 45.3 cm³/mol. The highest BCUT2D eigenvalue weighted by Crippen LogP contribution is 2.10. The van der Waals surface area contributed by atoms with Gasteiger partial charge in [-0.1, -0.05) is 5.21 Å². The quantitative estimate of drug-likeness (QED) is 0.690. The topological polar surface area (TPSA) is 94.0 Å². The Balaban J connectivity index is 3.18. The second-order valence-electron chi connectivity index (χ2n) is 2.93. The summed E-state index contributed by atoms with van der Waals surface area (Å²) in [5.41, 5.74) is 5.81. The third kappa shape index (κ3) is 1.67. The zero-order chi connectivity index (χ0) is 10.0. The smallest absolute Gasteiger partial charge is 0.358 e. The molecule has 0 saturated heterocycles. The number of hydrogen-bond donors (Lipinski definition) is 2. The number of aromatic nitrogens is 3. The van der Waals surface area contributed by atoms with Crippen molar-refractivity contribution in [3.8, 4) is 0 Å². The number of carboxylic acid groups (broad SMARTS) is 1. The standard InChI is InChI=1S/C7H12N4O2/c1-4(2)11-5(3-8)6(7(12)13)9-10-11/h4H,3,8H2,1-2H3,(H,12,13). The fourth-order valence-corrected chi connectivity index (χ4v) is 1.08. The molecule has 0 unspecified atom stereocenters. The summed E-state index contributed by atoms with van der Waals surface area (Å²) < 4.78 is 1.52. The van der Waals surface area contributed by atoms with Gasteiger partial charge in [0.1, 0.15) is 0 Å². The van der Waals surface area contributed by atoms with E-state index in [9.17, 15) is 4.79 Å². The van der Waals surface area contributed by atoms with E-state index in [1.165, 1.54) is 4.68 Å². The van der Waals surface area contributed by atoms with E-state index in [1.807, 2.05) is 13.8 Å². The van der Waals surface area contributed by atoms with Crippen LogP contribution in [0.25, 0.3) is 0 Å². The monoisotopic (exact) mass is 184 g/mol. The van der Waals surface area contributed by atoms with Crippen LogP contribution in [0.15, 0.2) is 0 Å². The van der Waals surface area contributed by atoms with Gasteiger partial charge in [-0.2, -0.15) is 0 Å². The van der Waals surface area contributed by atoms with Crippen molar-refractivity contribution in [1.29, 1.82) is 0 Å². The first-order valence-electron chi connectivity index (χ1n) is 3.95. The van der Waals surface area contributed by atoms with Crippen LogP contribution in [0.5, 0.6) is 0 Å². The first kappa shape index (κ1) is 9.66. The molecular formula is C7H12N4O2. The Morgan fingerprint density at radius 1 is 1.69 bits per heavy atom. The molecule has 0 saturated carbocycles. The highest BCUT2D eigenvalue weighted by atomic mass is 16.4. The Morgan fingerprint density at radius 2 is 2.31 bits per heavy atom. The molecule has 72 valence electrons. The van der Waals surface area contributed by atoms with Crippen LogP contribution in [0, 0.1) is 0 Å². The highest BCUT2D eigenvalue weighted by Gasteiger charge is 2.18. The molecule has 6 heteroatoms. The molecule has 3 N–H and O–H groups in total. The van der Waals surface area contributed by atoms with Gasteiger partial charge in [0.15, 0.2) is 5.69 Å². The SMILES string of the molecule is CC(C)n1nnc(C(=O)O)c1CN. The minimum Gasteiger partial charge on any atom is -0.476 e. The van der Waals surface area contributed by atoms with Crippen LogP contribution in [0.2, 0.25) is 0 Å². The molecule has 1 heterocycles. The number of nitrogens with two attached hydrogens (primary N) is 1. The van der Waals surface area contributed by atoms with E-state index in [0.29, 0.717) is 5.69 Å². The minimum absolute atomic E-state index is 0.0591. The van der Waals surface area contributed by atoms with Gasteiger partial charge >= 0.3 is 5.97 Å².